The van der Waals surface area contributed by atoms with Gasteiger partial charge in [-0.15, -0.1) is 0 Å². The summed E-state index contributed by atoms with van der Waals surface area (Å²) in [7, 11) is 0. The molecule has 0 aromatic carbocycles. The van der Waals surface area contributed by atoms with Crippen LogP contribution in [-0.2, 0) is 11.3 Å². The first-order chi connectivity index (χ1) is 16.7. The van der Waals surface area contributed by atoms with Crippen molar-refractivity contribution in [3.63, 3.8) is 0 Å². The quantitative estimate of drug-likeness (QED) is 0.540. The smallest absolute Gasteiger partial charge is 0.256 e. The molecule has 3 aromatic rings. The standard InChI is InChI=1S/C24H32F2N8O/c1-6-8-18(23(35)33-11-14(3)24(25,26)15(4)12-33)31-20-19-22(30-13-29-20)34(7-2)21(32-19)17-9-27-16(5)28-10-17/h9-10,13-15,18H,6-8,11-12H2,1-5H3,(H,29,30,31)/t14-,15+,18-/m0/s1. The van der Waals surface area contributed by atoms with Crippen molar-refractivity contribution in [3.05, 3.63) is 24.5 Å². The second kappa shape index (κ2) is 9.79. The molecule has 35 heavy (non-hydrogen) atoms. The number of amides is 1. The molecule has 1 aliphatic heterocycles. The Kier molecular flexibility index (Phi) is 6.95. The number of carbonyl (C=O) groups is 1. The summed E-state index contributed by atoms with van der Waals surface area (Å²) in [6, 6.07) is -0.609. The minimum atomic E-state index is -2.79. The summed E-state index contributed by atoms with van der Waals surface area (Å²) in [6.07, 6.45) is 6.14. The van der Waals surface area contributed by atoms with Crippen LogP contribution in [0.4, 0.5) is 14.6 Å². The number of rotatable bonds is 7. The zero-order valence-electron chi connectivity index (χ0n) is 20.8. The van der Waals surface area contributed by atoms with Crippen LogP contribution >= 0.6 is 0 Å². The number of halogens is 2. The fraction of sp³-hybridized carbons (Fsp3) is 0.583. The first-order valence-corrected chi connectivity index (χ1v) is 12.1. The lowest BCUT2D eigenvalue weighted by Crippen LogP contribution is -2.56. The van der Waals surface area contributed by atoms with Crippen molar-refractivity contribution in [2.24, 2.45) is 11.8 Å². The molecule has 0 unspecified atom stereocenters. The molecule has 9 nitrogen and oxygen atoms in total. The highest BCUT2D eigenvalue weighted by atomic mass is 19.3. The van der Waals surface area contributed by atoms with Crippen molar-refractivity contribution in [3.8, 4) is 11.4 Å². The van der Waals surface area contributed by atoms with Gasteiger partial charge in [-0.1, -0.05) is 27.2 Å². The Bertz CT molecular complexity index is 1180. The summed E-state index contributed by atoms with van der Waals surface area (Å²) in [5, 5.41) is 3.26. The summed E-state index contributed by atoms with van der Waals surface area (Å²) < 4.78 is 30.6. The molecule has 1 aliphatic rings. The van der Waals surface area contributed by atoms with Gasteiger partial charge in [0.05, 0.1) is 5.56 Å². The van der Waals surface area contributed by atoms with Gasteiger partial charge in [-0.3, -0.25) is 4.79 Å². The number of carbonyl (C=O) groups excluding carboxylic acids is 1. The van der Waals surface area contributed by atoms with E-state index in [1.807, 2.05) is 25.3 Å². The lowest BCUT2D eigenvalue weighted by Gasteiger charge is -2.42. The number of hydrogen-bond donors (Lipinski definition) is 1. The Morgan fingerprint density at radius 2 is 1.80 bits per heavy atom. The molecule has 1 amide bonds. The number of aryl methyl sites for hydroxylation is 2. The predicted molar refractivity (Wildman–Crippen MR) is 129 cm³/mol. The summed E-state index contributed by atoms with van der Waals surface area (Å²) in [6.45, 7) is 9.46. The molecule has 1 fully saturated rings. The Hall–Kier alpha value is -3.24. The molecule has 0 spiro atoms. The minimum absolute atomic E-state index is 0.0271. The topological polar surface area (TPSA) is 102 Å². The fourth-order valence-corrected chi connectivity index (χ4v) is 4.65. The lowest BCUT2D eigenvalue weighted by molar-refractivity contribution is -0.158. The fourth-order valence-electron chi connectivity index (χ4n) is 4.65. The number of anilines is 1. The van der Waals surface area contributed by atoms with E-state index >= 15 is 0 Å². The third-order valence-electron chi connectivity index (χ3n) is 6.69. The van der Waals surface area contributed by atoms with Gasteiger partial charge in [0.1, 0.15) is 24.0 Å². The molecular formula is C24H32F2N8O. The van der Waals surface area contributed by atoms with Crippen LogP contribution in [0.25, 0.3) is 22.6 Å². The van der Waals surface area contributed by atoms with Gasteiger partial charge < -0.3 is 14.8 Å². The Balaban J connectivity index is 1.66. The summed E-state index contributed by atoms with van der Waals surface area (Å²) in [4.78, 5) is 37.1. The van der Waals surface area contributed by atoms with Crippen LogP contribution in [-0.4, -0.2) is 65.3 Å². The van der Waals surface area contributed by atoms with Gasteiger partial charge in [-0.25, -0.2) is 33.7 Å². The second-order valence-electron chi connectivity index (χ2n) is 9.30. The van der Waals surface area contributed by atoms with E-state index in [1.165, 1.54) is 20.2 Å². The summed E-state index contributed by atoms with van der Waals surface area (Å²) >= 11 is 0. The van der Waals surface area contributed by atoms with E-state index in [9.17, 15) is 13.6 Å². The first-order valence-electron chi connectivity index (χ1n) is 12.1. The van der Waals surface area contributed by atoms with E-state index in [1.54, 1.807) is 17.3 Å². The van der Waals surface area contributed by atoms with Crippen LogP contribution < -0.4 is 5.32 Å². The van der Waals surface area contributed by atoms with Gasteiger partial charge in [0.15, 0.2) is 17.0 Å². The van der Waals surface area contributed by atoms with E-state index in [4.69, 9.17) is 4.98 Å². The maximum absolute atomic E-state index is 14.3. The number of nitrogens with one attached hydrogen (secondary N) is 1. The molecule has 188 valence electrons. The van der Waals surface area contributed by atoms with E-state index in [0.29, 0.717) is 41.6 Å². The van der Waals surface area contributed by atoms with E-state index in [0.717, 1.165) is 12.0 Å². The molecule has 0 bridgehead atoms. The number of likely N-dealkylation sites (tertiary alicyclic amines) is 1. The number of nitrogens with zero attached hydrogens (tertiary/aromatic N) is 7. The van der Waals surface area contributed by atoms with Gasteiger partial charge in [0.2, 0.25) is 5.91 Å². The molecule has 11 heteroatoms. The molecule has 3 aromatic heterocycles. The molecule has 1 saturated heterocycles. The average molecular weight is 487 g/mol. The van der Waals surface area contributed by atoms with Crippen LogP contribution in [0.5, 0.6) is 0 Å². The van der Waals surface area contributed by atoms with Crippen molar-refractivity contribution in [1.82, 2.24) is 34.4 Å². The van der Waals surface area contributed by atoms with E-state index in [2.05, 4.69) is 25.3 Å². The average Bonchev–Trinajstić information content (AvgIpc) is 3.22. The minimum Gasteiger partial charge on any atom is -0.356 e. The molecule has 1 N–H and O–H groups in total. The van der Waals surface area contributed by atoms with Gasteiger partial charge in [0.25, 0.3) is 5.92 Å². The number of hydrogen-bond acceptors (Lipinski definition) is 7. The van der Waals surface area contributed by atoms with Gasteiger partial charge in [0, 0.05) is 43.9 Å². The third kappa shape index (κ3) is 4.68. The number of imidazole rings is 1. The SMILES string of the molecule is CCC[C@H](Nc1ncnc2c1nc(-c1cnc(C)nc1)n2CC)C(=O)N1C[C@@H](C)C(F)(F)[C@@H](C)C1. The Morgan fingerprint density at radius 1 is 1.14 bits per heavy atom. The Labute approximate surface area is 203 Å². The van der Waals surface area contributed by atoms with Crippen LogP contribution in [0, 0.1) is 18.8 Å². The zero-order valence-corrected chi connectivity index (χ0v) is 20.8. The van der Waals surface area contributed by atoms with Crippen molar-refractivity contribution in [1.29, 1.82) is 0 Å². The third-order valence-corrected chi connectivity index (χ3v) is 6.69. The molecule has 3 atom stereocenters. The first kappa shape index (κ1) is 24.9. The number of alkyl halides is 2. The van der Waals surface area contributed by atoms with Crippen LogP contribution in [0.3, 0.4) is 0 Å². The highest BCUT2D eigenvalue weighted by Crippen LogP contribution is 2.38. The summed E-state index contributed by atoms with van der Waals surface area (Å²) in [5.74, 6) is -3.03. The highest BCUT2D eigenvalue weighted by Gasteiger charge is 2.48. The molecule has 0 radical (unpaired) electrons. The van der Waals surface area contributed by atoms with Gasteiger partial charge in [-0.2, -0.15) is 0 Å². The number of fused-ring (bicyclic) bond motifs is 1. The van der Waals surface area contributed by atoms with Crippen LogP contribution in [0.2, 0.25) is 0 Å². The lowest BCUT2D eigenvalue weighted by atomic mass is 9.86. The normalized spacial score (nSPS) is 20.7. The molecule has 4 rings (SSSR count). The van der Waals surface area contributed by atoms with Crippen molar-refractivity contribution in [2.45, 2.75) is 66.0 Å². The second-order valence-corrected chi connectivity index (χ2v) is 9.30. The molecule has 0 aliphatic carbocycles. The Morgan fingerprint density at radius 3 is 2.40 bits per heavy atom. The maximum atomic E-state index is 14.3. The van der Waals surface area contributed by atoms with Crippen molar-refractivity contribution in [2.75, 3.05) is 18.4 Å². The largest absolute Gasteiger partial charge is 0.356 e. The van der Waals surface area contributed by atoms with E-state index in [-0.39, 0.29) is 19.0 Å². The van der Waals surface area contributed by atoms with Crippen molar-refractivity contribution < 1.29 is 13.6 Å². The van der Waals surface area contributed by atoms with E-state index < -0.39 is 23.8 Å². The molecular weight excluding hydrogens is 454 g/mol. The molecule has 0 saturated carbocycles. The monoisotopic (exact) mass is 486 g/mol. The maximum Gasteiger partial charge on any atom is 0.256 e. The zero-order chi connectivity index (χ0) is 25.3. The van der Waals surface area contributed by atoms with Crippen molar-refractivity contribution >= 4 is 22.9 Å². The predicted octanol–water partition coefficient (Wildman–Crippen LogP) is 3.94. The van der Waals surface area contributed by atoms with Crippen LogP contribution in [0.15, 0.2) is 18.7 Å². The number of piperidine rings is 1. The van der Waals surface area contributed by atoms with Gasteiger partial charge >= 0.3 is 0 Å². The highest BCUT2D eigenvalue weighted by molar-refractivity contribution is 5.90. The number of aromatic nitrogens is 6. The van der Waals surface area contributed by atoms with Crippen LogP contribution in [0.1, 0.15) is 46.4 Å². The summed E-state index contributed by atoms with van der Waals surface area (Å²) in [5.41, 5.74) is 1.91. The van der Waals surface area contributed by atoms with Gasteiger partial charge in [-0.05, 0) is 20.3 Å². The molecule has 4 heterocycles.